The number of anilines is 1. The number of piperidine rings is 1. The summed E-state index contributed by atoms with van der Waals surface area (Å²) < 4.78 is 18.8. The van der Waals surface area contributed by atoms with Crippen molar-refractivity contribution < 1.29 is 9.13 Å². The maximum Gasteiger partial charge on any atom is 0.220 e. The van der Waals surface area contributed by atoms with E-state index < -0.39 is 0 Å². The predicted molar refractivity (Wildman–Crippen MR) is 93.9 cm³/mol. The standard InChI is InChI=1S/C19H23FN4O/c1-25-16-9-15(20)4-3-14(16)11-24-8-2-6-19(12-24)7-5-13-10-22-18(21)23-17(13)19/h3-4,9-10H,2,5-8,11-12H2,1H3,(H2,21,22,23). The first-order valence-electron chi connectivity index (χ1n) is 8.76. The van der Waals surface area contributed by atoms with Gasteiger partial charge in [-0.15, -0.1) is 0 Å². The highest BCUT2D eigenvalue weighted by Crippen LogP contribution is 2.44. The zero-order valence-corrected chi connectivity index (χ0v) is 14.5. The van der Waals surface area contributed by atoms with Crippen molar-refractivity contribution in [2.45, 2.75) is 37.6 Å². The lowest BCUT2D eigenvalue weighted by atomic mass is 9.77. The molecule has 0 bridgehead atoms. The molecular weight excluding hydrogens is 319 g/mol. The fraction of sp³-hybridized carbons (Fsp3) is 0.474. The van der Waals surface area contributed by atoms with E-state index in [2.05, 4.69) is 14.9 Å². The van der Waals surface area contributed by atoms with Crippen LogP contribution in [0.15, 0.2) is 24.4 Å². The molecular formula is C19H23FN4O. The van der Waals surface area contributed by atoms with Crippen LogP contribution in [0.25, 0.3) is 0 Å². The molecule has 1 saturated heterocycles. The molecule has 0 saturated carbocycles. The minimum absolute atomic E-state index is 0.0674. The van der Waals surface area contributed by atoms with Gasteiger partial charge in [-0.25, -0.2) is 14.4 Å². The van der Waals surface area contributed by atoms with Crippen molar-refractivity contribution in [1.29, 1.82) is 0 Å². The third-order valence-electron chi connectivity index (χ3n) is 5.56. The molecule has 0 radical (unpaired) electrons. The van der Waals surface area contributed by atoms with Crippen LogP contribution in [0.5, 0.6) is 5.75 Å². The van der Waals surface area contributed by atoms with Crippen LogP contribution < -0.4 is 10.5 Å². The molecule has 25 heavy (non-hydrogen) atoms. The quantitative estimate of drug-likeness (QED) is 0.929. The van der Waals surface area contributed by atoms with E-state index >= 15 is 0 Å². The molecule has 2 aliphatic rings. The minimum Gasteiger partial charge on any atom is -0.496 e. The van der Waals surface area contributed by atoms with Gasteiger partial charge in [0, 0.05) is 36.3 Å². The Labute approximate surface area is 147 Å². The fourth-order valence-corrected chi connectivity index (χ4v) is 4.40. The number of hydrogen-bond donors (Lipinski definition) is 1. The predicted octanol–water partition coefficient (Wildman–Crippen LogP) is 2.69. The third kappa shape index (κ3) is 2.95. The lowest BCUT2D eigenvalue weighted by molar-refractivity contribution is 0.135. The van der Waals surface area contributed by atoms with Crippen molar-refractivity contribution in [3.8, 4) is 5.75 Å². The van der Waals surface area contributed by atoms with Gasteiger partial charge in [0.1, 0.15) is 11.6 Å². The Morgan fingerprint density at radius 3 is 3.08 bits per heavy atom. The van der Waals surface area contributed by atoms with Crippen molar-refractivity contribution >= 4 is 5.95 Å². The smallest absolute Gasteiger partial charge is 0.220 e. The summed E-state index contributed by atoms with van der Waals surface area (Å²) in [6.45, 7) is 2.72. The maximum atomic E-state index is 13.4. The van der Waals surface area contributed by atoms with Gasteiger partial charge in [-0.2, -0.15) is 0 Å². The van der Waals surface area contributed by atoms with Crippen LogP contribution in [-0.4, -0.2) is 35.1 Å². The number of nitrogens with two attached hydrogens (primary N) is 1. The number of halogens is 1. The van der Waals surface area contributed by atoms with Crippen LogP contribution in [0.1, 0.15) is 36.1 Å². The van der Waals surface area contributed by atoms with E-state index in [1.54, 1.807) is 7.11 Å². The van der Waals surface area contributed by atoms with E-state index in [0.29, 0.717) is 11.7 Å². The number of hydrogen-bond acceptors (Lipinski definition) is 5. The van der Waals surface area contributed by atoms with Gasteiger partial charge in [-0.05, 0) is 43.9 Å². The van der Waals surface area contributed by atoms with Crippen molar-refractivity contribution in [2.75, 3.05) is 25.9 Å². The first kappa shape index (κ1) is 16.3. The highest BCUT2D eigenvalue weighted by atomic mass is 19.1. The highest BCUT2D eigenvalue weighted by Gasteiger charge is 2.43. The van der Waals surface area contributed by atoms with Crippen molar-refractivity contribution in [3.05, 3.63) is 47.0 Å². The van der Waals surface area contributed by atoms with Crippen LogP contribution in [0.3, 0.4) is 0 Å². The van der Waals surface area contributed by atoms with Crippen LogP contribution in [-0.2, 0) is 18.4 Å². The maximum absolute atomic E-state index is 13.4. The number of fused-ring (bicyclic) bond motifs is 2. The molecule has 2 aromatic rings. The van der Waals surface area contributed by atoms with E-state index in [1.165, 1.54) is 17.7 Å². The molecule has 2 heterocycles. The molecule has 1 unspecified atom stereocenters. The van der Waals surface area contributed by atoms with E-state index in [1.807, 2.05) is 12.3 Å². The number of nitrogen functional groups attached to an aromatic ring is 1. The van der Waals surface area contributed by atoms with Crippen molar-refractivity contribution in [3.63, 3.8) is 0 Å². The SMILES string of the molecule is COc1cc(F)ccc1CN1CCCC2(CCc3cnc(N)nc32)C1. The van der Waals surface area contributed by atoms with Crippen LogP contribution in [0.2, 0.25) is 0 Å². The average Bonchev–Trinajstić information content (AvgIpc) is 2.94. The van der Waals surface area contributed by atoms with E-state index in [0.717, 1.165) is 56.6 Å². The molecule has 1 aromatic heterocycles. The molecule has 5 nitrogen and oxygen atoms in total. The van der Waals surface area contributed by atoms with Gasteiger partial charge in [0.2, 0.25) is 5.95 Å². The highest BCUT2D eigenvalue weighted by molar-refractivity contribution is 5.38. The van der Waals surface area contributed by atoms with E-state index in [-0.39, 0.29) is 11.2 Å². The topological polar surface area (TPSA) is 64.3 Å². The first-order chi connectivity index (χ1) is 12.1. The normalized spacial score (nSPS) is 23.0. The zero-order valence-electron chi connectivity index (χ0n) is 14.5. The van der Waals surface area contributed by atoms with Gasteiger partial charge in [-0.3, -0.25) is 4.90 Å². The number of likely N-dealkylation sites (tertiary alicyclic amines) is 1. The Morgan fingerprint density at radius 1 is 1.36 bits per heavy atom. The minimum atomic E-state index is -0.271. The van der Waals surface area contributed by atoms with Crippen molar-refractivity contribution in [1.82, 2.24) is 14.9 Å². The van der Waals surface area contributed by atoms with Gasteiger partial charge in [-0.1, -0.05) is 6.07 Å². The molecule has 1 aliphatic carbocycles. The molecule has 6 heteroatoms. The van der Waals surface area contributed by atoms with Crippen LogP contribution >= 0.6 is 0 Å². The second kappa shape index (κ2) is 6.26. The lowest BCUT2D eigenvalue weighted by Gasteiger charge is -2.40. The summed E-state index contributed by atoms with van der Waals surface area (Å²) in [6, 6.07) is 4.77. The van der Waals surface area contributed by atoms with E-state index in [9.17, 15) is 4.39 Å². The summed E-state index contributed by atoms with van der Waals surface area (Å²) in [6.07, 6.45) is 6.25. The Balaban J connectivity index is 1.58. The molecule has 1 atom stereocenters. The number of ether oxygens (including phenoxy) is 1. The van der Waals surface area contributed by atoms with Gasteiger partial charge < -0.3 is 10.5 Å². The summed E-state index contributed by atoms with van der Waals surface area (Å²) in [7, 11) is 1.59. The number of benzene rings is 1. The molecule has 2 N–H and O–H groups in total. The van der Waals surface area contributed by atoms with Gasteiger partial charge >= 0.3 is 0 Å². The summed E-state index contributed by atoms with van der Waals surface area (Å²) in [5.74, 6) is 0.697. The van der Waals surface area contributed by atoms with Gasteiger partial charge in [0.25, 0.3) is 0 Å². The van der Waals surface area contributed by atoms with E-state index in [4.69, 9.17) is 10.5 Å². The van der Waals surface area contributed by atoms with Gasteiger partial charge in [0.15, 0.2) is 0 Å². The molecule has 132 valence electrons. The Kier molecular flexibility index (Phi) is 4.07. The number of nitrogens with zero attached hydrogens (tertiary/aromatic N) is 3. The summed E-state index contributed by atoms with van der Waals surface area (Å²) >= 11 is 0. The summed E-state index contributed by atoms with van der Waals surface area (Å²) in [4.78, 5) is 11.2. The first-order valence-corrected chi connectivity index (χ1v) is 8.76. The largest absolute Gasteiger partial charge is 0.496 e. The summed E-state index contributed by atoms with van der Waals surface area (Å²) in [5, 5.41) is 0. The Bertz CT molecular complexity index is 793. The van der Waals surface area contributed by atoms with Gasteiger partial charge in [0.05, 0.1) is 12.8 Å². The Hall–Kier alpha value is -2.21. The number of rotatable bonds is 3. The van der Waals surface area contributed by atoms with Crippen molar-refractivity contribution in [2.24, 2.45) is 0 Å². The Morgan fingerprint density at radius 2 is 2.24 bits per heavy atom. The monoisotopic (exact) mass is 342 g/mol. The van der Waals surface area contributed by atoms with Crippen LogP contribution in [0, 0.1) is 5.82 Å². The third-order valence-corrected chi connectivity index (χ3v) is 5.56. The number of aryl methyl sites for hydroxylation is 1. The number of methoxy groups -OCH3 is 1. The molecule has 1 aliphatic heterocycles. The second-order valence-electron chi connectivity index (χ2n) is 7.15. The fourth-order valence-electron chi connectivity index (χ4n) is 4.40. The van der Waals surface area contributed by atoms with Crippen LogP contribution in [0.4, 0.5) is 10.3 Å². The molecule has 1 spiro atoms. The second-order valence-corrected chi connectivity index (χ2v) is 7.15. The molecule has 1 aromatic carbocycles. The zero-order chi connectivity index (χ0) is 17.4. The molecule has 0 amide bonds. The lowest BCUT2D eigenvalue weighted by Crippen LogP contribution is -2.45. The summed E-state index contributed by atoms with van der Waals surface area (Å²) in [5.41, 5.74) is 9.29. The molecule has 1 fully saturated rings. The molecule has 4 rings (SSSR count). The average molecular weight is 342 g/mol. The number of aromatic nitrogens is 2.